The zero-order valence-electron chi connectivity index (χ0n) is 23.2. The Hall–Kier alpha value is -3.24. The lowest BCUT2D eigenvalue weighted by molar-refractivity contribution is -0.134. The molecule has 0 aromatic heterocycles. The van der Waals surface area contributed by atoms with E-state index in [4.69, 9.17) is 14.2 Å². The summed E-state index contributed by atoms with van der Waals surface area (Å²) in [6.45, 7) is 5.20. The van der Waals surface area contributed by atoms with E-state index in [1.54, 1.807) is 14.2 Å². The van der Waals surface area contributed by atoms with Crippen LogP contribution in [0.25, 0.3) is 0 Å². The molecule has 2 aromatic rings. The maximum Gasteiger partial charge on any atom is 0.222 e. The van der Waals surface area contributed by atoms with Gasteiger partial charge in [0, 0.05) is 38.7 Å². The molecule has 3 unspecified atom stereocenters. The van der Waals surface area contributed by atoms with E-state index < -0.39 is 0 Å². The van der Waals surface area contributed by atoms with Gasteiger partial charge < -0.3 is 24.0 Å². The van der Waals surface area contributed by atoms with Gasteiger partial charge in [-0.1, -0.05) is 19.1 Å². The monoisotopic (exact) mass is 519 g/mol. The summed E-state index contributed by atoms with van der Waals surface area (Å²) in [5, 5.41) is 9.22. The number of benzene rings is 2. The lowest BCUT2D eigenvalue weighted by atomic mass is 9.90. The number of nitrogens with zero attached hydrogens (tertiary/aromatic N) is 3. The van der Waals surface area contributed by atoms with Crippen LogP contribution in [0.5, 0.6) is 17.2 Å². The third-order valence-corrected chi connectivity index (χ3v) is 8.15. The average Bonchev–Trinajstić information content (AvgIpc) is 3.21. The number of methoxy groups -OCH3 is 2. The predicted octanol–water partition coefficient (Wildman–Crippen LogP) is 5.44. The Morgan fingerprint density at radius 1 is 1.08 bits per heavy atom. The quantitative estimate of drug-likeness (QED) is 0.372. The van der Waals surface area contributed by atoms with Crippen LogP contribution >= 0.6 is 0 Å². The Bertz CT molecular complexity index is 1100. The Balaban J connectivity index is 1.39. The second kappa shape index (κ2) is 13.0. The van der Waals surface area contributed by atoms with Gasteiger partial charge in [-0.15, -0.1) is 0 Å². The Labute approximate surface area is 227 Å². The summed E-state index contributed by atoms with van der Waals surface area (Å²) >= 11 is 0. The van der Waals surface area contributed by atoms with E-state index in [1.165, 1.54) is 12.8 Å². The van der Waals surface area contributed by atoms with E-state index in [0.717, 1.165) is 50.2 Å². The molecule has 1 saturated heterocycles. The average molecular weight is 520 g/mol. The molecule has 7 heteroatoms. The molecule has 3 atom stereocenters. The fourth-order valence-electron chi connectivity index (χ4n) is 6.28. The highest BCUT2D eigenvalue weighted by Gasteiger charge is 2.44. The number of amides is 1. The molecular weight excluding hydrogens is 478 g/mol. The third kappa shape index (κ3) is 6.42. The summed E-state index contributed by atoms with van der Waals surface area (Å²) in [5.74, 6) is 3.43. The van der Waals surface area contributed by atoms with Crippen LogP contribution in [-0.4, -0.2) is 62.7 Å². The highest BCUT2D eigenvalue weighted by Crippen LogP contribution is 2.40. The first kappa shape index (κ1) is 27.8. The number of rotatable bonds is 12. The van der Waals surface area contributed by atoms with E-state index in [0.29, 0.717) is 47.3 Å². The molecule has 0 radical (unpaired) electrons. The van der Waals surface area contributed by atoms with Gasteiger partial charge in [-0.05, 0) is 80.3 Å². The molecule has 2 aromatic carbocycles. The first-order chi connectivity index (χ1) is 18.5. The molecule has 1 heterocycles. The summed E-state index contributed by atoms with van der Waals surface area (Å²) in [6, 6.07) is 15.9. The Morgan fingerprint density at radius 3 is 2.37 bits per heavy atom. The predicted molar refractivity (Wildman–Crippen MR) is 147 cm³/mol. The molecule has 4 rings (SSSR count). The molecule has 2 fully saturated rings. The highest BCUT2D eigenvalue weighted by molar-refractivity contribution is 5.76. The number of carbonyl (C=O) groups is 1. The molecule has 2 bridgehead atoms. The van der Waals surface area contributed by atoms with Gasteiger partial charge in [-0.2, -0.15) is 5.26 Å². The van der Waals surface area contributed by atoms with Gasteiger partial charge in [0.25, 0.3) is 0 Å². The minimum Gasteiger partial charge on any atom is -0.493 e. The summed E-state index contributed by atoms with van der Waals surface area (Å²) in [5.41, 5.74) is 1.69. The van der Waals surface area contributed by atoms with Crippen LogP contribution in [0.1, 0.15) is 62.7 Å². The number of carbonyl (C=O) groups excluding carboxylic acids is 1. The van der Waals surface area contributed by atoms with Crippen molar-refractivity contribution >= 4 is 5.91 Å². The molecule has 1 saturated carbocycles. The molecule has 1 aliphatic carbocycles. The van der Waals surface area contributed by atoms with Crippen LogP contribution in [0.2, 0.25) is 0 Å². The Morgan fingerprint density at radius 2 is 1.76 bits per heavy atom. The highest BCUT2D eigenvalue weighted by atomic mass is 16.5. The van der Waals surface area contributed by atoms with E-state index in [-0.39, 0.29) is 6.10 Å². The summed E-state index contributed by atoms with van der Waals surface area (Å²) in [4.78, 5) is 17.2. The number of fused-ring (bicyclic) bond motifs is 2. The van der Waals surface area contributed by atoms with E-state index in [9.17, 15) is 10.1 Å². The zero-order valence-corrected chi connectivity index (χ0v) is 23.2. The van der Waals surface area contributed by atoms with Crippen molar-refractivity contribution in [2.45, 2.75) is 57.6 Å². The molecular formula is C31H41N3O4. The number of nitriles is 1. The molecule has 0 spiro atoms. The number of likely N-dealkylation sites (tertiary alicyclic amines) is 1. The largest absolute Gasteiger partial charge is 0.493 e. The van der Waals surface area contributed by atoms with Gasteiger partial charge in [0.1, 0.15) is 11.9 Å². The zero-order chi connectivity index (χ0) is 27.1. The van der Waals surface area contributed by atoms with Crippen LogP contribution < -0.4 is 14.2 Å². The van der Waals surface area contributed by atoms with Crippen molar-refractivity contribution < 1.29 is 19.0 Å². The van der Waals surface area contributed by atoms with Crippen LogP contribution in [-0.2, 0) is 4.79 Å². The van der Waals surface area contributed by atoms with Crippen LogP contribution in [0, 0.1) is 23.2 Å². The smallest absolute Gasteiger partial charge is 0.222 e. The first-order valence-corrected chi connectivity index (χ1v) is 13.8. The Kier molecular flexibility index (Phi) is 9.52. The summed E-state index contributed by atoms with van der Waals surface area (Å²) < 4.78 is 17.3. The van der Waals surface area contributed by atoms with Gasteiger partial charge in [-0.3, -0.25) is 4.79 Å². The van der Waals surface area contributed by atoms with Crippen molar-refractivity contribution in [3.63, 3.8) is 0 Å². The van der Waals surface area contributed by atoms with Crippen molar-refractivity contribution in [3.8, 4) is 23.3 Å². The minimum atomic E-state index is -0.145. The molecule has 38 heavy (non-hydrogen) atoms. The molecule has 204 valence electrons. The van der Waals surface area contributed by atoms with E-state index in [2.05, 4.69) is 22.8 Å². The van der Waals surface area contributed by atoms with Crippen molar-refractivity contribution in [1.82, 2.24) is 9.80 Å². The lowest BCUT2D eigenvalue weighted by Gasteiger charge is -2.42. The molecule has 0 N–H and O–H groups in total. The van der Waals surface area contributed by atoms with Crippen molar-refractivity contribution in [1.29, 1.82) is 5.26 Å². The molecule has 7 nitrogen and oxygen atoms in total. The maximum absolute atomic E-state index is 12.6. The SMILES string of the molecule is CCCC(=O)N(C)C1C2CCC1CN(CCCC(Oc1ccc(OC)c(OC)c1)c1ccc(C#N)cc1)C2. The van der Waals surface area contributed by atoms with Crippen molar-refractivity contribution in [2.75, 3.05) is 40.9 Å². The molecule has 2 aliphatic rings. The lowest BCUT2D eigenvalue weighted by Crippen LogP contribution is -2.53. The standard InChI is InChI=1S/C31H41N3O4/c1-5-7-30(35)33(2)31-24-13-14-25(31)21-34(20-24)17-6-8-27(23-11-9-22(19-32)10-12-23)38-26-15-16-28(36-3)29(18-26)37-4/h9-12,15-16,18,24-25,27,31H,5-8,13-14,17,20-21H2,1-4H3. The second-order valence-corrected chi connectivity index (χ2v) is 10.6. The van der Waals surface area contributed by atoms with Gasteiger partial charge >= 0.3 is 0 Å². The second-order valence-electron chi connectivity index (χ2n) is 10.6. The van der Waals surface area contributed by atoms with Gasteiger partial charge in [0.15, 0.2) is 11.5 Å². The summed E-state index contributed by atoms with van der Waals surface area (Å²) in [7, 11) is 5.25. The normalized spacial score (nSPS) is 21.4. The molecule has 1 aliphatic heterocycles. The van der Waals surface area contributed by atoms with Crippen LogP contribution in [0.3, 0.4) is 0 Å². The van der Waals surface area contributed by atoms with Gasteiger partial charge in [0.05, 0.1) is 25.9 Å². The third-order valence-electron chi connectivity index (χ3n) is 8.15. The first-order valence-electron chi connectivity index (χ1n) is 13.8. The van der Waals surface area contributed by atoms with E-state index in [1.807, 2.05) is 49.5 Å². The van der Waals surface area contributed by atoms with Crippen molar-refractivity contribution in [3.05, 3.63) is 53.6 Å². The number of hydrogen-bond donors (Lipinski definition) is 0. The molecule has 1 amide bonds. The number of piperidine rings is 1. The maximum atomic E-state index is 12.6. The van der Waals surface area contributed by atoms with Crippen molar-refractivity contribution in [2.24, 2.45) is 11.8 Å². The van der Waals surface area contributed by atoms with Gasteiger partial charge in [-0.25, -0.2) is 0 Å². The number of ether oxygens (including phenoxy) is 3. The van der Waals surface area contributed by atoms with Crippen LogP contribution in [0.4, 0.5) is 0 Å². The van der Waals surface area contributed by atoms with Gasteiger partial charge in [0.2, 0.25) is 5.91 Å². The van der Waals surface area contributed by atoms with E-state index >= 15 is 0 Å². The fraction of sp³-hybridized carbons (Fsp3) is 0.548. The topological polar surface area (TPSA) is 75.0 Å². The minimum absolute atomic E-state index is 0.145. The summed E-state index contributed by atoms with van der Waals surface area (Å²) in [6.07, 6.45) is 5.68. The number of hydrogen-bond acceptors (Lipinski definition) is 6. The fourth-order valence-corrected chi connectivity index (χ4v) is 6.28. The van der Waals surface area contributed by atoms with Crippen LogP contribution in [0.15, 0.2) is 42.5 Å².